The number of rotatable bonds is 0. The molecule has 144 valence electrons. The predicted octanol–water partition coefficient (Wildman–Crippen LogP) is 9.26. The third-order valence-electron chi connectivity index (χ3n) is 5.04. The summed E-state index contributed by atoms with van der Waals surface area (Å²) in [5, 5.41) is 0. The summed E-state index contributed by atoms with van der Waals surface area (Å²) in [4.78, 5) is 0. The molecule has 0 saturated carbocycles. The molecule has 0 aliphatic heterocycles. The maximum absolute atomic E-state index is 6.33. The highest BCUT2D eigenvalue weighted by Crippen LogP contribution is 2.38. The monoisotopic (exact) mass is 444 g/mol. The van der Waals surface area contributed by atoms with Gasteiger partial charge >= 0.3 is 0 Å². The van der Waals surface area contributed by atoms with Gasteiger partial charge in [-0.15, -0.1) is 34.0 Å². The third kappa shape index (κ3) is 2.55. The van der Waals surface area contributed by atoms with Crippen molar-refractivity contribution in [1.82, 2.24) is 0 Å². The highest BCUT2D eigenvalue weighted by molar-refractivity contribution is 7.26. The molecule has 0 spiro atoms. The first-order chi connectivity index (χ1) is 14.8. The summed E-state index contributed by atoms with van der Waals surface area (Å²) in [6.45, 7) is 0. The zero-order valence-electron chi connectivity index (χ0n) is 15.4. The molecule has 0 aliphatic rings. The van der Waals surface area contributed by atoms with E-state index in [1.165, 1.54) is 0 Å². The van der Waals surface area contributed by atoms with Gasteiger partial charge in [-0.1, -0.05) is 24.3 Å². The van der Waals surface area contributed by atoms with Crippen LogP contribution in [-0.2, 0) is 0 Å². The van der Waals surface area contributed by atoms with Gasteiger partial charge in [0.05, 0.1) is 28.2 Å². The first-order valence-corrected chi connectivity index (χ1v) is 11.9. The molecule has 3 heterocycles. The van der Waals surface area contributed by atoms with Crippen LogP contribution in [0.25, 0.3) is 61.7 Å². The largest absolute Gasteiger partial charge is 0.454 e. The molecule has 0 bridgehead atoms. The van der Waals surface area contributed by atoms with Crippen LogP contribution in [0.5, 0.6) is 0 Å². The van der Waals surface area contributed by atoms with Crippen LogP contribution < -0.4 is 0 Å². The third-order valence-corrected chi connectivity index (χ3v) is 8.31. The van der Waals surface area contributed by atoms with E-state index in [2.05, 4.69) is 36.4 Å². The second-order valence-corrected chi connectivity index (χ2v) is 10.2. The lowest BCUT2D eigenvalue weighted by molar-refractivity contribution is 0.654. The smallest absolute Gasteiger partial charge is 0.146 e. The Morgan fingerprint density at radius 3 is 1.13 bits per heavy atom. The summed E-state index contributed by atoms with van der Waals surface area (Å²) in [6.07, 6.45) is 0. The molecule has 0 amide bonds. The first kappa shape index (κ1) is 16.7. The number of fused-ring (bicyclic) bond motifs is 6. The topological polar surface area (TPSA) is 39.4 Å². The molecule has 6 heteroatoms. The molecule has 7 aromatic rings. The van der Waals surface area contributed by atoms with Gasteiger partial charge in [0.2, 0.25) is 0 Å². The van der Waals surface area contributed by atoms with Crippen LogP contribution in [0, 0.1) is 0 Å². The van der Waals surface area contributed by atoms with E-state index in [0.29, 0.717) is 0 Å². The van der Waals surface area contributed by atoms with Gasteiger partial charge in [0.1, 0.15) is 33.5 Å². The Kier molecular flexibility index (Phi) is 3.46. The van der Waals surface area contributed by atoms with Crippen LogP contribution in [0.15, 0.2) is 86.0 Å². The maximum Gasteiger partial charge on any atom is 0.146 e. The van der Waals surface area contributed by atoms with E-state index in [1.807, 2.05) is 36.4 Å². The summed E-state index contributed by atoms with van der Waals surface area (Å²) in [6, 6.07) is 24.5. The molecule has 3 nitrogen and oxygen atoms in total. The van der Waals surface area contributed by atoms with Crippen molar-refractivity contribution in [3.63, 3.8) is 0 Å². The number of hydrogen-bond donors (Lipinski definition) is 0. The summed E-state index contributed by atoms with van der Waals surface area (Å²) in [5.41, 5.74) is 5.27. The predicted molar refractivity (Wildman–Crippen MR) is 128 cm³/mol. The molecule has 0 unspecified atom stereocenters. The van der Waals surface area contributed by atoms with Gasteiger partial charge in [-0.3, -0.25) is 0 Å². The standard InChI is InChI=1S/C24H12O3S3/c1-3-7-19-13(5-1)25-15-9-23-17(11-21(15)28-19)27-18-12-22-16(10-24(18)30-23)26-14-6-2-4-8-20(14)29-22/h1-12H. The van der Waals surface area contributed by atoms with Crippen molar-refractivity contribution in [2.45, 2.75) is 0 Å². The van der Waals surface area contributed by atoms with Gasteiger partial charge in [0, 0.05) is 24.3 Å². The van der Waals surface area contributed by atoms with E-state index in [0.717, 1.165) is 61.7 Å². The van der Waals surface area contributed by atoms with Crippen molar-refractivity contribution in [3.05, 3.63) is 72.8 Å². The maximum atomic E-state index is 6.33. The fourth-order valence-corrected chi connectivity index (χ4v) is 6.52. The Balaban J connectivity index is 1.54. The fraction of sp³-hybridized carbons (Fsp3) is 0. The van der Waals surface area contributed by atoms with Gasteiger partial charge in [-0.2, -0.15) is 0 Å². The minimum atomic E-state index is 0.865. The Hall–Kier alpha value is -3.06. The van der Waals surface area contributed by atoms with E-state index in [-0.39, 0.29) is 0 Å². The summed E-state index contributed by atoms with van der Waals surface area (Å²) < 4.78 is 25.1. The first-order valence-electron chi connectivity index (χ1n) is 9.41. The van der Waals surface area contributed by atoms with Crippen LogP contribution in [0.1, 0.15) is 0 Å². The molecule has 4 aromatic carbocycles. The Morgan fingerprint density at radius 2 is 0.700 bits per heavy atom. The second kappa shape index (κ2) is 6.22. The molecule has 30 heavy (non-hydrogen) atoms. The van der Waals surface area contributed by atoms with E-state index in [9.17, 15) is 0 Å². The van der Waals surface area contributed by atoms with Gasteiger partial charge < -0.3 is 13.3 Å². The molecule has 0 fully saturated rings. The van der Waals surface area contributed by atoms with Crippen LogP contribution >= 0.6 is 34.0 Å². The lowest BCUT2D eigenvalue weighted by atomic mass is 10.3. The van der Waals surface area contributed by atoms with Gasteiger partial charge in [0.15, 0.2) is 0 Å². The minimum Gasteiger partial charge on any atom is -0.454 e. The Labute approximate surface area is 181 Å². The van der Waals surface area contributed by atoms with E-state index >= 15 is 0 Å². The number of benzene rings is 4. The molecule has 0 saturated heterocycles. The van der Waals surface area contributed by atoms with E-state index in [1.54, 1.807) is 34.0 Å². The molecule has 0 N–H and O–H groups in total. The van der Waals surface area contributed by atoms with Crippen molar-refractivity contribution >= 4 is 95.7 Å². The normalized spacial score (nSPS) is 12.0. The molecular weight excluding hydrogens is 432 g/mol. The Bertz CT molecular complexity index is 1550. The Morgan fingerprint density at radius 1 is 0.367 bits per heavy atom. The average Bonchev–Trinajstić information content (AvgIpc) is 2.77. The SMILES string of the molecule is c1ccc2sc3cc4oc5cc6sc7ccccc7oc6cc5sc4cc3oc2c1. The van der Waals surface area contributed by atoms with Crippen LogP contribution in [0.3, 0.4) is 0 Å². The van der Waals surface area contributed by atoms with Crippen molar-refractivity contribution in [2.24, 2.45) is 0 Å². The fourth-order valence-electron chi connectivity index (χ4n) is 3.63. The summed E-state index contributed by atoms with van der Waals surface area (Å²) in [7, 11) is 0. The van der Waals surface area contributed by atoms with Gasteiger partial charge in [-0.05, 0) is 24.3 Å². The molecule has 7 rings (SSSR count). The van der Waals surface area contributed by atoms with Crippen molar-refractivity contribution in [1.29, 1.82) is 0 Å². The van der Waals surface area contributed by atoms with Gasteiger partial charge in [-0.25, -0.2) is 0 Å². The molecule has 3 aromatic heterocycles. The zero-order chi connectivity index (χ0) is 19.7. The number of para-hydroxylation sites is 2. The molecule has 0 aliphatic carbocycles. The summed E-state index contributed by atoms with van der Waals surface area (Å²) in [5.74, 6) is 0. The quantitative estimate of drug-likeness (QED) is 0.219. The summed E-state index contributed by atoms with van der Waals surface area (Å²) >= 11 is 5.11. The minimum absolute atomic E-state index is 0.865. The van der Waals surface area contributed by atoms with Crippen LogP contribution in [0.4, 0.5) is 0 Å². The average molecular weight is 445 g/mol. The van der Waals surface area contributed by atoms with Crippen LogP contribution in [-0.4, -0.2) is 0 Å². The zero-order valence-corrected chi connectivity index (χ0v) is 17.8. The lowest BCUT2D eigenvalue weighted by Gasteiger charge is -2.06. The van der Waals surface area contributed by atoms with Crippen LogP contribution in [0.2, 0.25) is 0 Å². The molecular formula is C24H12O3S3. The van der Waals surface area contributed by atoms with Crippen molar-refractivity contribution < 1.29 is 13.3 Å². The van der Waals surface area contributed by atoms with Crippen molar-refractivity contribution in [2.75, 3.05) is 0 Å². The second-order valence-electron chi connectivity index (χ2n) is 7.00. The van der Waals surface area contributed by atoms with Crippen molar-refractivity contribution in [3.8, 4) is 0 Å². The van der Waals surface area contributed by atoms with Gasteiger partial charge in [0.25, 0.3) is 0 Å². The van der Waals surface area contributed by atoms with E-state index in [4.69, 9.17) is 13.3 Å². The molecule has 0 atom stereocenters. The highest BCUT2D eigenvalue weighted by atomic mass is 32.1. The lowest BCUT2D eigenvalue weighted by Crippen LogP contribution is -1.78. The number of hydrogen-bond acceptors (Lipinski definition) is 6. The highest BCUT2D eigenvalue weighted by Gasteiger charge is 2.10. The van der Waals surface area contributed by atoms with E-state index < -0.39 is 0 Å². The molecule has 0 radical (unpaired) electrons.